The first-order chi connectivity index (χ1) is 6.07. The summed E-state index contributed by atoms with van der Waals surface area (Å²) in [6.45, 7) is 8.56. The zero-order chi connectivity index (χ0) is 9.90. The summed E-state index contributed by atoms with van der Waals surface area (Å²) in [5, 5.41) is 4.30. The molecule has 0 unspecified atom stereocenters. The molecule has 0 aliphatic carbocycles. The number of aryl methyl sites for hydroxylation is 1. The number of aromatic nitrogens is 2. The van der Waals surface area contributed by atoms with Gasteiger partial charge in [0.05, 0.1) is 0 Å². The summed E-state index contributed by atoms with van der Waals surface area (Å²) in [7, 11) is 0. The van der Waals surface area contributed by atoms with Crippen LogP contribution in [0.2, 0.25) is 0 Å². The van der Waals surface area contributed by atoms with Gasteiger partial charge in [0.2, 0.25) is 5.13 Å². The molecule has 0 aliphatic rings. The van der Waals surface area contributed by atoms with Crippen molar-refractivity contribution in [3.05, 3.63) is 5.82 Å². The highest BCUT2D eigenvalue weighted by Gasteiger charge is 2.16. The lowest BCUT2D eigenvalue weighted by Crippen LogP contribution is -2.29. The molecule has 0 saturated heterocycles. The van der Waals surface area contributed by atoms with Gasteiger partial charge in [0.25, 0.3) is 0 Å². The number of hydrogen-bond acceptors (Lipinski definition) is 4. The number of anilines is 1. The SMILES string of the molecule is CCc1nsc(NC(C)(C)CC)n1. The second-order valence-electron chi connectivity index (χ2n) is 3.73. The van der Waals surface area contributed by atoms with Gasteiger partial charge in [0.15, 0.2) is 0 Å². The van der Waals surface area contributed by atoms with E-state index in [1.807, 2.05) is 0 Å². The molecule has 1 aromatic heterocycles. The maximum Gasteiger partial charge on any atom is 0.202 e. The van der Waals surface area contributed by atoms with Crippen molar-refractivity contribution < 1.29 is 0 Å². The van der Waals surface area contributed by atoms with Gasteiger partial charge in [-0.1, -0.05) is 13.8 Å². The highest BCUT2D eigenvalue weighted by atomic mass is 32.1. The summed E-state index contributed by atoms with van der Waals surface area (Å²) in [6.07, 6.45) is 1.98. The van der Waals surface area contributed by atoms with E-state index in [1.165, 1.54) is 11.5 Å². The molecule has 0 saturated carbocycles. The predicted octanol–water partition coefficient (Wildman–Crippen LogP) is 2.70. The standard InChI is InChI=1S/C9H17N3S/c1-5-7-10-8(13-12-7)11-9(3,4)6-2/h5-6H2,1-4H3,(H,10,11,12). The highest BCUT2D eigenvalue weighted by Crippen LogP contribution is 2.19. The first-order valence-electron chi connectivity index (χ1n) is 4.68. The van der Waals surface area contributed by atoms with Crippen LogP contribution in [-0.2, 0) is 6.42 Å². The first-order valence-corrected chi connectivity index (χ1v) is 5.45. The molecule has 0 aliphatic heterocycles. The van der Waals surface area contributed by atoms with Crippen molar-refractivity contribution in [3.63, 3.8) is 0 Å². The van der Waals surface area contributed by atoms with Crippen LogP contribution in [0.15, 0.2) is 0 Å². The lowest BCUT2D eigenvalue weighted by molar-refractivity contribution is 0.546. The van der Waals surface area contributed by atoms with Crippen LogP contribution < -0.4 is 5.32 Å². The second-order valence-corrected chi connectivity index (χ2v) is 4.48. The van der Waals surface area contributed by atoms with E-state index < -0.39 is 0 Å². The maximum atomic E-state index is 4.36. The Balaban J connectivity index is 2.63. The molecule has 0 atom stereocenters. The number of nitrogens with zero attached hydrogens (tertiary/aromatic N) is 2. The Morgan fingerprint density at radius 2 is 2.08 bits per heavy atom. The maximum absolute atomic E-state index is 4.36. The molecular weight excluding hydrogens is 182 g/mol. The lowest BCUT2D eigenvalue weighted by Gasteiger charge is -2.23. The molecule has 0 aromatic carbocycles. The molecular formula is C9H17N3S. The molecule has 1 aromatic rings. The molecule has 0 spiro atoms. The van der Waals surface area contributed by atoms with Crippen LogP contribution in [0.3, 0.4) is 0 Å². The van der Waals surface area contributed by atoms with Gasteiger partial charge >= 0.3 is 0 Å². The molecule has 3 nitrogen and oxygen atoms in total. The fourth-order valence-corrected chi connectivity index (χ4v) is 1.66. The van der Waals surface area contributed by atoms with E-state index in [0.29, 0.717) is 0 Å². The monoisotopic (exact) mass is 199 g/mol. The second kappa shape index (κ2) is 4.05. The average Bonchev–Trinajstić information content (AvgIpc) is 2.52. The first kappa shape index (κ1) is 10.4. The zero-order valence-electron chi connectivity index (χ0n) is 8.72. The van der Waals surface area contributed by atoms with Crippen molar-refractivity contribution in [2.24, 2.45) is 0 Å². The smallest absolute Gasteiger partial charge is 0.202 e. The van der Waals surface area contributed by atoms with Gasteiger partial charge in [0.1, 0.15) is 5.82 Å². The Morgan fingerprint density at radius 1 is 1.38 bits per heavy atom. The van der Waals surface area contributed by atoms with E-state index in [2.05, 4.69) is 42.4 Å². The van der Waals surface area contributed by atoms with Crippen molar-refractivity contribution in [2.45, 2.75) is 46.1 Å². The third-order valence-electron chi connectivity index (χ3n) is 2.11. The van der Waals surface area contributed by atoms with Crippen molar-refractivity contribution in [1.29, 1.82) is 0 Å². The third kappa shape index (κ3) is 2.95. The summed E-state index contributed by atoms with van der Waals surface area (Å²) in [6, 6.07) is 0. The van der Waals surface area contributed by atoms with E-state index in [0.717, 1.165) is 23.8 Å². The fraction of sp³-hybridized carbons (Fsp3) is 0.778. The summed E-state index contributed by atoms with van der Waals surface area (Å²) < 4.78 is 4.22. The fourth-order valence-electron chi connectivity index (χ4n) is 0.826. The molecule has 1 heterocycles. The minimum Gasteiger partial charge on any atom is -0.355 e. The van der Waals surface area contributed by atoms with Crippen LogP contribution in [0.5, 0.6) is 0 Å². The summed E-state index contributed by atoms with van der Waals surface area (Å²) in [4.78, 5) is 4.36. The van der Waals surface area contributed by atoms with Gasteiger partial charge in [0, 0.05) is 23.5 Å². The van der Waals surface area contributed by atoms with Crippen LogP contribution in [0.4, 0.5) is 5.13 Å². The molecule has 0 fully saturated rings. The Kier molecular flexibility index (Phi) is 3.25. The minimum absolute atomic E-state index is 0.116. The van der Waals surface area contributed by atoms with Crippen LogP contribution in [0.25, 0.3) is 0 Å². The van der Waals surface area contributed by atoms with Crippen molar-refractivity contribution in [2.75, 3.05) is 5.32 Å². The number of hydrogen-bond donors (Lipinski definition) is 1. The van der Waals surface area contributed by atoms with Gasteiger partial charge < -0.3 is 5.32 Å². The topological polar surface area (TPSA) is 37.8 Å². The molecule has 4 heteroatoms. The van der Waals surface area contributed by atoms with Gasteiger partial charge in [-0.3, -0.25) is 0 Å². The van der Waals surface area contributed by atoms with E-state index in [4.69, 9.17) is 0 Å². The van der Waals surface area contributed by atoms with Gasteiger partial charge in [-0.05, 0) is 20.3 Å². The van der Waals surface area contributed by atoms with E-state index >= 15 is 0 Å². The third-order valence-corrected chi connectivity index (χ3v) is 2.78. The van der Waals surface area contributed by atoms with Crippen molar-refractivity contribution in [3.8, 4) is 0 Å². The molecule has 74 valence electrons. The van der Waals surface area contributed by atoms with Crippen LogP contribution >= 0.6 is 11.5 Å². The van der Waals surface area contributed by atoms with Crippen LogP contribution in [0.1, 0.15) is 39.9 Å². The van der Waals surface area contributed by atoms with Crippen molar-refractivity contribution >= 4 is 16.7 Å². The van der Waals surface area contributed by atoms with Crippen LogP contribution in [0, 0.1) is 0 Å². The largest absolute Gasteiger partial charge is 0.355 e. The minimum atomic E-state index is 0.116. The zero-order valence-corrected chi connectivity index (χ0v) is 9.53. The van der Waals surface area contributed by atoms with E-state index in [1.54, 1.807) is 0 Å². The molecule has 13 heavy (non-hydrogen) atoms. The lowest BCUT2D eigenvalue weighted by atomic mass is 10.0. The summed E-state index contributed by atoms with van der Waals surface area (Å²) in [5.74, 6) is 0.930. The van der Waals surface area contributed by atoms with Crippen LogP contribution in [-0.4, -0.2) is 14.9 Å². The Hall–Kier alpha value is -0.640. The quantitative estimate of drug-likeness (QED) is 0.810. The molecule has 1 rings (SSSR count). The van der Waals surface area contributed by atoms with E-state index in [-0.39, 0.29) is 5.54 Å². The molecule has 0 radical (unpaired) electrons. The van der Waals surface area contributed by atoms with Gasteiger partial charge in [-0.2, -0.15) is 4.37 Å². The Morgan fingerprint density at radius 3 is 2.54 bits per heavy atom. The summed E-state index contributed by atoms with van der Waals surface area (Å²) in [5.41, 5.74) is 0.116. The highest BCUT2D eigenvalue weighted by molar-refractivity contribution is 7.09. The molecule has 0 amide bonds. The van der Waals surface area contributed by atoms with Crippen molar-refractivity contribution in [1.82, 2.24) is 9.36 Å². The van der Waals surface area contributed by atoms with Gasteiger partial charge in [-0.15, -0.1) is 0 Å². The number of nitrogens with one attached hydrogen (secondary N) is 1. The molecule has 0 bridgehead atoms. The summed E-state index contributed by atoms with van der Waals surface area (Å²) >= 11 is 1.44. The van der Waals surface area contributed by atoms with Gasteiger partial charge in [-0.25, -0.2) is 4.98 Å². The number of rotatable bonds is 4. The van der Waals surface area contributed by atoms with E-state index in [9.17, 15) is 0 Å². The predicted molar refractivity (Wildman–Crippen MR) is 57.3 cm³/mol. The molecule has 1 N–H and O–H groups in total. The normalized spacial score (nSPS) is 11.7. The Labute approximate surface area is 83.8 Å². The average molecular weight is 199 g/mol. The Bertz CT molecular complexity index is 268.